The Hall–Kier alpha value is -2.83. The number of carbonyl (C=O) groups excluding carboxylic acids is 1. The first kappa shape index (κ1) is 18.2. The topological polar surface area (TPSA) is 76.6 Å². The van der Waals surface area contributed by atoms with E-state index in [-0.39, 0.29) is 11.9 Å². The monoisotopic (exact) mass is 394 g/mol. The fraction of sp³-hybridized carbons (Fsp3) is 0.500. The zero-order chi connectivity index (χ0) is 19.6. The van der Waals surface area contributed by atoms with Crippen molar-refractivity contribution in [2.75, 3.05) is 31.2 Å². The summed E-state index contributed by atoms with van der Waals surface area (Å²) < 4.78 is 11.3. The van der Waals surface area contributed by atoms with Gasteiger partial charge in [-0.15, -0.1) is 5.10 Å². The lowest BCUT2D eigenvalue weighted by atomic mass is 9.96. The summed E-state index contributed by atoms with van der Waals surface area (Å²) in [6.45, 7) is 2.72. The van der Waals surface area contributed by atoms with Gasteiger partial charge in [0.1, 0.15) is 13.2 Å². The molecular weight excluding hydrogens is 368 g/mol. The molecule has 29 heavy (non-hydrogen) atoms. The third-order valence-electron chi connectivity index (χ3n) is 6.02. The third kappa shape index (κ3) is 3.73. The average Bonchev–Trinajstić information content (AvgIpc) is 2.79. The summed E-state index contributed by atoms with van der Waals surface area (Å²) in [5.74, 6) is 2.07. The molecule has 0 atom stereocenters. The summed E-state index contributed by atoms with van der Waals surface area (Å²) in [6, 6.07) is 7.82. The summed E-state index contributed by atoms with van der Waals surface area (Å²) in [5.41, 5.74) is 3.07. The van der Waals surface area contributed by atoms with E-state index in [1.54, 1.807) is 6.07 Å². The second-order valence-electron chi connectivity index (χ2n) is 7.95. The number of nitrogens with zero attached hydrogens (tertiary/aromatic N) is 3. The van der Waals surface area contributed by atoms with Crippen LogP contribution in [0.2, 0.25) is 0 Å². The molecule has 5 rings (SSSR count). The zero-order valence-corrected chi connectivity index (χ0v) is 16.5. The molecule has 7 heteroatoms. The van der Waals surface area contributed by atoms with Crippen LogP contribution in [0.25, 0.3) is 0 Å². The maximum absolute atomic E-state index is 12.8. The minimum absolute atomic E-state index is 0.0978. The summed E-state index contributed by atoms with van der Waals surface area (Å²) in [6.07, 6.45) is 6.39. The van der Waals surface area contributed by atoms with Crippen LogP contribution >= 0.6 is 0 Å². The quantitative estimate of drug-likeness (QED) is 0.862. The molecule has 3 aliphatic rings. The molecule has 1 N–H and O–H groups in total. The Morgan fingerprint density at radius 1 is 1.07 bits per heavy atom. The first-order valence-electron chi connectivity index (χ1n) is 10.6. The first-order valence-corrected chi connectivity index (χ1v) is 10.6. The summed E-state index contributed by atoms with van der Waals surface area (Å²) >= 11 is 0. The molecule has 7 nitrogen and oxygen atoms in total. The second-order valence-corrected chi connectivity index (χ2v) is 7.95. The molecule has 0 unspecified atom stereocenters. The van der Waals surface area contributed by atoms with E-state index in [1.807, 2.05) is 12.1 Å². The van der Waals surface area contributed by atoms with Crippen LogP contribution in [0.5, 0.6) is 11.5 Å². The molecule has 152 valence electrons. The molecule has 1 aliphatic carbocycles. The Morgan fingerprint density at radius 2 is 1.90 bits per heavy atom. The van der Waals surface area contributed by atoms with E-state index in [0.29, 0.717) is 30.3 Å². The molecular formula is C22H26N4O3. The Kier molecular flexibility index (Phi) is 4.96. The van der Waals surface area contributed by atoms with Gasteiger partial charge < -0.3 is 19.7 Å². The molecule has 0 bridgehead atoms. The lowest BCUT2D eigenvalue weighted by Gasteiger charge is -2.33. The van der Waals surface area contributed by atoms with Gasteiger partial charge in [0.25, 0.3) is 5.91 Å². The van der Waals surface area contributed by atoms with E-state index >= 15 is 0 Å². The molecule has 3 heterocycles. The molecule has 1 amide bonds. The zero-order valence-electron chi connectivity index (χ0n) is 16.5. The largest absolute Gasteiger partial charge is 0.486 e. The average molecular weight is 394 g/mol. The Morgan fingerprint density at radius 3 is 2.79 bits per heavy atom. The number of para-hydroxylation sites is 1. The van der Waals surface area contributed by atoms with Gasteiger partial charge in [-0.25, -0.2) is 0 Å². The highest BCUT2D eigenvalue weighted by Crippen LogP contribution is 2.33. The van der Waals surface area contributed by atoms with Crippen LogP contribution < -0.4 is 19.7 Å². The second kappa shape index (κ2) is 7.89. The number of aromatic nitrogens is 2. The number of piperidine rings is 1. The van der Waals surface area contributed by atoms with Crippen LogP contribution in [0.1, 0.15) is 47.3 Å². The maximum atomic E-state index is 12.8. The van der Waals surface area contributed by atoms with Crippen molar-refractivity contribution >= 4 is 11.7 Å². The Labute approximate surface area is 170 Å². The molecule has 0 saturated carbocycles. The number of rotatable bonds is 3. The highest BCUT2D eigenvalue weighted by atomic mass is 16.6. The predicted molar refractivity (Wildman–Crippen MR) is 109 cm³/mol. The number of aryl methyl sites for hydroxylation is 2. The van der Waals surface area contributed by atoms with Crippen molar-refractivity contribution in [2.45, 2.75) is 44.6 Å². The molecule has 0 radical (unpaired) electrons. The van der Waals surface area contributed by atoms with Crippen molar-refractivity contribution in [2.24, 2.45) is 0 Å². The molecule has 1 aromatic heterocycles. The summed E-state index contributed by atoms with van der Waals surface area (Å²) in [4.78, 5) is 15.1. The number of hydrogen-bond acceptors (Lipinski definition) is 6. The fourth-order valence-electron chi connectivity index (χ4n) is 4.40. The van der Waals surface area contributed by atoms with Crippen molar-refractivity contribution in [3.8, 4) is 11.5 Å². The van der Waals surface area contributed by atoms with Gasteiger partial charge in [-0.3, -0.25) is 4.79 Å². The molecule has 1 fully saturated rings. The van der Waals surface area contributed by atoms with Crippen molar-refractivity contribution in [1.29, 1.82) is 0 Å². The number of nitrogens with one attached hydrogen (secondary N) is 1. The number of anilines is 1. The molecule has 1 saturated heterocycles. The number of carbonyl (C=O) groups is 1. The van der Waals surface area contributed by atoms with Gasteiger partial charge in [-0.1, -0.05) is 6.07 Å². The number of hydrogen-bond donors (Lipinski definition) is 1. The summed E-state index contributed by atoms with van der Waals surface area (Å²) in [7, 11) is 0. The number of benzene rings is 1. The van der Waals surface area contributed by atoms with Gasteiger partial charge in [-0.05, 0) is 62.3 Å². The molecule has 0 spiro atoms. The van der Waals surface area contributed by atoms with E-state index in [9.17, 15) is 4.79 Å². The fourth-order valence-corrected chi connectivity index (χ4v) is 4.40. The van der Waals surface area contributed by atoms with Crippen LogP contribution in [0.4, 0.5) is 5.82 Å². The van der Waals surface area contributed by atoms with Crippen molar-refractivity contribution in [1.82, 2.24) is 15.5 Å². The van der Waals surface area contributed by atoms with Gasteiger partial charge in [0.2, 0.25) is 0 Å². The minimum Gasteiger partial charge on any atom is -0.486 e. The normalized spacial score (nSPS) is 18.8. The smallest absolute Gasteiger partial charge is 0.255 e. The van der Waals surface area contributed by atoms with Crippen LogP contribution in [-0.2, 0) is 12.8 Å². The predicted octanol–water partition coefficient (Wildman–Crippen LogP) is 2.53. The third-order valence-corrected chi connectivity index (χ3v) is 6.02. The van der Waals surface area contributed by atoms with E-state index < -0.39 is 0 Å². The van der Waals surface area contributed by atoms with E-state index in [2.05, 4.69) is 26.5 Å². The van der Waals surface area contributed by atoms with Crippen LogP contribution in [0.3, 0.4) is 0 Å². The number of fused-ring (bicyclic) bond motifs is 2. The van der Waals surface area contributed by atoms with E-state index in [4.69, 9.17) is 9.47 Å². The van der Waals surface area contributed by atoms with Crippen LogP contribution in [0, 0.1) is 0 Å². The molecule has 2 aromatic rings. The van der Waals surface area contributed by atoms with Crippen molar-refractivity contribution in [3.05, 3.63) is 41.1 Å². The van der Waals surface area contributed by atoms with Crippen LogP contribution in [0.15, 0.2) is 24.3 Å². The Balaban J connectivity index is 1.21. The number of amides is 1. The summed E-state index contributed by atoms with van der Waals surface area (Å²) in [5, 5.41) is 12.1. The number of ether oxygens (including phenoxy) is 2. The van der Waals surface area contributed by atoms with Crippen molar-refractivity contribution < 1.29 is 14.3 Å². The van der Waals surface area contributed by atoms with Gasteiger partial charge in [0.05, 0.1) is 11.3 Å². The molecule has 2 aliphatic heterocycles. The lowest BCUT2D eigenvalue weighted by molar-refractivity contribution is 0.0920. The SMILES string of the molecule is O=C(NC1CCN(c2cc3c(nn2)CCCC3)CC1)c1cccc2c1OCCO2. The van der Waals surface area contributed by atoms with Crippen molar-refractivity contribution in [3.63, 3.8) is 0 Å². The minimum atomic E-state index is -0.0978. The molecule has 1 aromatic carbocycles. The highest BCUT2D eigenvalue weighted by Gasteiger charge is 2.26. The van der Waals surface area contributed by atoms with Crippen LogP contribution in [-0.4, -0.2) is 48.4 Å². The van der Waals surface area contributed by atoms with Gasteiger partial charge in [-0.2, -0.15) is 5.10 Å². The first-order chi connectivity index (χ1) is 14.3. The van der Waals surface area contributed by atoms with E-state index in [1.165, 1.54) is 24.1 Å². The standard InChI is InChI=1S/C22H26N4O3/c27-22(17-5-3-7-19-21(17)29-13-12-28-19)23-16-8-10-26(11-9-16)20-14-15-4-1-2-6-18(15)24-25-20/h3,5,7,14,16H,1-2,4,6,8-13H2,(H,23,27). The highest BCUT2D eigenvalue weighted by molar-refractivity contribution is 5.98. The van der Waals surface area contributed by atoms with Gasteiger partial charge in [0.15, 0.2) is 17.3 Å². The Bertz CT molecular complexity index is 909. The van der Waals surface area contributed by atoms with Gasteiger partial charge >= 0.3 is 0 Å². The lowest BCUT2D eigenvalue weighted by Crippen LogP contribution is -2.45. The maximum Gasteiger partial charge on any atom is 0.255 e. The van der Waals surface area contributed by atoms with Gasteiger partial charge in [0, 0.05) is 19.1 Å². The van der Waals surface area contributed by atoms with E-state index in [0.717, 1.165) is 44.6 Å².